The maximum Gasteiger partial charge on any atom is 0.110 e. The van der Waals surface area contributed by atoms with Crippen LogP contribution in [-0.2, 0) is 0 Å². The summed E-state index contributed by atoms with van der Waals surface area (Å²) in [5.74, 6) is 0.728. The Morgan fingerprint density at radius 1 is 1.70 bits per heavy atom. The van der Waals surface area contributed by atoms with E-state index in [0.29, 0.717) is 0 Å². The van der Waals surface area contributed by atoms with Crippen LogP contribution in [0.1, 0.15) is 23.9 Å². The summed E-state index contributed by atoms with van der Waals surface area (Å²) in [6, 6.07) is 0.222. The van der Waals surface area contributed by atoms with Crippen molar-refractivity contribution in [2.45, 2.75) is 18.9 Å². The van der Waals surface area contributed by atoms with Crippen molar-refractivity contribution in [3.05, 3.63) is 16.6 Å². The van der Waals surface area contributed by atoms with Gasteiger partial charge in [0, 0.05) is 11.6 Å². The van der Waals surface area contributed by atoms with Crippen molar-refractivity contribution in [3.63, 3.8) is 0 Å². The second-order valence-corrected chi connectivity index (χ2v) is 3.66. The summed E-state index contributed by atoms with van der Waals surface area (Å²) < 4.78 is 0. The molecule has 0 bridgehead atoms. The Kier molecular flexibility index (Phi) is 1.47. The monoisotopic (exact) mass is 154 g/mol. The van der Waals surface area contributed by atoms with Gasteiger partial charge in [0.05, 0.1) is 6.04 Å². The zero-order chi connectivity index (χ0) is 6.97. The molecule has 1 aliphatic carbocycles. The third-order valence-electron chi connectivity index (χ3n) is 1.87. The minimum Gasteiger partial charge on any atom is -0.322 e. The molecule has 0 amide bonds. The van der Waals surface area contributed by atoms with Crippen LogP contribution in [0.5, 0.6) is 0 Å². The first-order valence-corrected chi connectivity index (χ1v) is 4.41. The average Bonchev–Trinajstić information content (AvgIpc) is 2.65. The molecule has 2 rings (SSSR count). The molecule has 0 unspecified atom stereocenters. The maximum atomic E-state index is 5.89. The Morgan fingerprint density at radius 2 is 2.50 bits per heavy atom. The van der Waals surface area contributed by atoms with Gasteiger partial charge in [-0.25, -0.2) is 4.98 Å². The van der Waals surface area contributed by atoms with Gasteiger partial charge in [0.25, 0.3) is 0 Å². The van der Waals surface area contributed by atoms with Crippen LogP contribution in [0.3, 0.4) is 0 Å². The molecule has 10 heavy (non-hydrogen) atoms. The Morgan fingerprint density at radius 3 is 3.00 bits per heavy atom. The number of aromatic nitrogens is 1. The first kappa shape index (κ1) is 6.31. The fourth-order valence-corrected chi connectivity index (χ4v) is 1.79. The standard InChI is InChI=1S/C7H10N2S/c8-6(5-1-2-5)7-9-3-4-10-7/h3-6H,1-2,8H2/t6-/m1/s1. The number of rotatable bonds is 2. The van der Waals surface area contributed by atoms with Gasteiger partial charge in [0.2, 0.25) is 0 Å². The van der Waals surface area contributed by atoms with Gasteiger partial charge in [0.15, 0.2) is 0 Å². The summed E-state index contributed by atoms with van der Waals surface area (Å²) in [6.07, 6.45) is 4.41. The fourth-order valence-electron chi connectivity index (χ4n) is 1.06. The van der Waals surface area contributed by atoms with E-state index < -0.39 is 0 Å². The van der Waals surface area contributed by atoms with Crippen LogP contribution in [0, 0.1) is 5.92 Å². The largest absolute Gasteiger partial charge is 0.322 e. The van der Waals surface area contributed by atoms with Gasteiger partial charge < -0.3 is 5.73 Å². The predicted molar refractivity (Wildman–Crippen MR) is 41.8 cm³/mol. The Balaban J connectivity index is 2.11. The van der Waals surface area contributed by atoms with Gasteiger partial charge >= 0.3 is 0 Å². The van der Waals surface area contributed by atoms with Crippen molar-refractivity contribution >= 4 is 11.3 Å². The minimum atomic E-state index is 0.222. The zero-order valence-corrected chi connectivity index (χ0v) is 6.47. The van der Waals surface area contributed by atoms with Gasteiger partial charge in [-0.1, -0.05) is 0 Å². The van der Waals surface area contributed by atoms with Crippen LogP contribution in [0.15, 0.2) is 11.6 Å². The predicted octanol–water partition coefficient (Wildman–Crippen LogP) is 1.55. The van der Waals surface area contributed by atoms with E-state index in [4.69, 9.17) is 5.73 Å². The molecule has 0 radical (unpaired) electrons. The molecule has 54 valence electrons. The number of nitrogens with two attached hydrogens (primary N) is 1. The summed E-state index contributed by atoms with van der Waals surface area (Å²) in [6.45, 7) is 0. The van der Waals surface area contributed by atoms with Crippen molar-refractivity contribution < 1.29 is 0 Å². The molecule has 1 aromatic heterocycles. The molecule has 1 aliphatic rings. The van der Waals surface area contributed by atoms with Gasteiger partial charge in [-0.15, -0.1) is 11.3 Å². The summed E-state index contributed by atoms with van der Waals surface area (Å²) in [5.41, 5.74) is 5.89. The molecule has 0 aliphatic heterocycles. The number of nitrogens with zero attached hydrogens (tertiary/aromatic N) is 1. The topological polar surface area (TPSA) is 38.9 Å². The Bertz CT molecular complexity index is 203. The Labute approximate surface area is 64.1 Å². The third-order valence-corrected chi connectivity index (χ3v) is 2.74. The quantitative estimate of drug-likeness (QED) is 0.702. The van der Waals surface area contributed by atoms with E-state index in [1.807, 2.05) is 11.6 Å². The molecular weight excluding hydrogens is 144 g/mol. The zero-order valence-electron chi connectivity index (χ0n) is 5.66. The van der Waals surface area contributed by atoms with Crippen molar-refractivity contribution in [1.29, 1.82) is 0 Å². The molecule has 2 N–H and O–H groups in total. The lowest BCUT2D eigenvalue weighted by atomic mass is 10.2. The molecule has 1 saturated carbocycles. The van der Waals surface area contributed by atoms with Crippen molar-refractivity contribution in [2.75, 3.05) is 0 Å². The smallest absolute Gasteiger partial charge is 0.110 e. The molecule has 3 heteroatoms. The average molecular weight is 154 g/mol. The van der Waals surface area contributed by atoms with E-state index in [1.54, 1.807) is 11.3 Å². The molecule has 1 fully saturated rings. The molecule has 1 aromatic rings. The lowest BCUT2D eigenvalue weighted by molar-refractivity contribution is 0.629. The van der Waals surface area contributed by atoms with Crippen molar-refractivity contribution in [3.8, 4) is 0 Å². The lowest BCUT2D eigenvalue weighted by Crippen LogP contribution is -2.11. The Hall–Kier alpha value is -0.410. The van der Waals surface area contributed by atoms with Gasteiger partial charge in [-0.2, -0.15) is 0 Å². The van der Waals surface area contributed by atoms with Crippen LogP contribution in [0.4, 0.5) is 0 Å². The van der Waals surface area contributed by atoms with E-state index in [1.165, 1.54) is 12.8 Å². The normalized spacial score (nSPS) is 20.9. The highest BCUT2D eigenvalue weighted by molar-refractivity contribution is 7.09. The highest BCUT2D eigenvalue weighted by Gasteiger charge is 2.30. The van der Waals surface area contributed by atoms with E-state index in [0.717, 1.165) is 10.9 Å². The molecule has 2 nitrogen and oxygen atoms in total. The van der Waals surface area contributed by atoms with Crippen molar-refractivity contribution in [1.82, 2.24) is 4.98 Å². The van der Waals surface area contributed by atoms with Crippen molar-refractivity contribution in [2.24, 2.45) is 11.7 Å². The summed E-state index contributed by atoms with van der Waals surface area (Å²) in [5, 5.41) is 3.08. The first-order chi connectivity index (χ1) is 4.88. The third kappa shape index (κ3) is 1.07. The molecule has 0 saturated heterocycles. The second kappa shape index (κ2) is 2.32. The first-order valence-electron chi connectivity index (χ1n) is 3.53. The molecular formula is C7H10N2S. The van der Waals surface area contributed by atoms with Crippen LogP contribution < -0.4 is 5.73 Å². The number of thiazole rings is 1. The molecule has 1 heterocycles. The molecule has 1 atom stereocenters. The summed E-state index contributed by atoms with van der Waals surface area (Å²) in [7, 11) is 0. The van der Waals surface area contributed by atoms with Crippen LogP contribution in [0.2, 0.25) is 0 Å². The molecule has 0 aromatic carbocycles. The number of hydrogen-bond acceptors (Lipinski definition) is 3. The lowest BCUT2D eigenvalue weighted by Gasteiger charge is -2.03. The summed E-state index contributed by atoms with van der Waals surface area (Å²) in [4.78, 5) is 4.17. The van der Waals surface area contributed by atoms with Gasteiger partial charge in [0.1, 0.15) is 5.01 Å². The van der Waals surface area contributed by atoms with Crippen LogP contribution in [0.25, 0.3) is 0 Å². The van der Waals surface area contributed by atoms with E-state index in [-0.39, 0.29) is 6.04 Å². The molecule has 0 spiro atoms. The highest BCUT2D eigenvalue weighted by atomic mass is 32.1. The maximum absolute atomic E-state index is 5.89. The van der Waals surface area contributed by atoms with Crippen LogP contribution in [-0.4, -0.2) is 4.98 Å². The van der Waals surface area contributed by atoms with E-state index in [9.17, 15) is 0 Å². The minimum absolute atomic E-state index is 0.222. The van der Waals surface area contributed by atoms with Gasteiger partial charge in [-0.3, -0.25) is 0 Å². The van der Waals surface area contributed by atoms with E-state index in [2.05, 4.69) is 4.98 Å². The van der Waals surface area contributed by atoms with E-state index >= 15 is 0 Å². The van der Waals surface area contributed by atoms with Crippen LogP contribution >= 0.6 is 11.3 Å². The van der Waals surface area contributed by atoms with Gasteiger partial charge in [-0.05, 0) is 18.8 Å². The fraction of sp³-hybridized carbons (Fsp3) is 0.571. The summed E-state index contributed by atoms with van der Waals surface area (Å²) >= 11 is 1.66. The highest BCUT2D eigenvalue weighted by Crippen LogP contribution is 2.39. The SMILES string of the molecule is N[C@@H](c1nccs1)C1CC1. The number of hydrogen-bond donors (Lipinski definition) is 1. The second-order valence-electron chi connectivity index (χ2n) is 2.73.